The van der Waals surface area contributed by atoms with Crippen LogP contribution in [0.4, 0.5) is 17.1 Å². The fraction of sp³-hybridized carbons (Fsp3) is 0.367. The highest BCUT2D eigenvalue weighted by molar-refractivity contribution is 7.80. The van der Waals surface area contributed by atoms with E-state index in [0.29, 0.717) is 28.3 Å². The van der Waals surface area contributed by atoms with E-state index in [1.807, 2.05) is 32.9 Å². The Hall–Kier alpha value is -3.92. The van der Waals surface area contributed by atoms with E-state index in [0.717, 1.165) is 28.5 Å². The Morgan fingerprint density at radius 1 is 1.10 bits per heavy atom. The molecule has 1 heterocycles. The Labute approximate surface area is 240 Å². The number of carbonyl (C=O) groups is 1. The number of nitrogens with one attached hydrogen (secondary N) is 1. The molecule has 0 bridgehead atoms. The fourth-order valence-electron chi connectivity index (χ4n) is 4.34. The van der Waals surface area contributed by atoms with Crippen LogP contribution in [0.25, 0.3) is 11.1 Å². The van der Waals surface area contributed by atoms with Gasteiger partial charge in [-0.1, -0.05) is 19.9 Å². The van der Waals surface area contributed by atoms with E-state index < -0.39 is 10.5 Å². The summed E-state index contributed by atoms with van der Waals surface area (Å²) in [5, 5.41) is 24.5. The van der Waals surface area contributed by atoms with Crippen molar-refractivity contribution in [2.24, 2.45) is 5.92 Å². The molecule has 9 nitrogen and oxygen atoms in total. The summed E-state index contributed by atoms with van der Waals surface area (Å²) in [6.45, 7) is 9.76. The monoisotopic (exact) mass is 567 g/mol. The van der Waals surface area contributed by atoms with Gasteiger partial charge in [-0.25, -0.2) is 0 Å². The number of nitro groups is 1. The van der Waals surface area contributed by atoms with Crippen molar-refractivity contribution in [3.05, 3.63) is 69.8 Å². The van der Waals surface area contributed by atoms with Crippen LogP contribution in [0.1, 0.15) is 38.8 Å². The predicted octanol–water partition coefficient (Wildman–Crippen LogP) is 6.60. The Kier molecular flexibility index (Phi) is 9.57. The third kappa shape index (κ3) is 6.62. The second-order valence-corrected chi connectivity index (χ2v) is 10.9. The van der Waals surface area contributed by atoms with Gasteiger partial charge in [0, 0.05) is 30.3 Å². The van der Waals surface area contributed by atoms with Gasteiger partial charge in [0.15, 0.2) is 0 Å². The van der Waals surface area contributed by atoms with Crippen molar-refractivity contribution in [2.45, 2.75) is 46.8 Å². The van der Waals surface area contributed by atoms with E-state index in [1.54, 1.807) is 30.1 Å². The molecule has 0 aliphatic carbocycles. The van der Waals surface area contributed by atoms with E-state index in [-0.39, 0.29) is 24.0 Å². The lowest BCUT2D eigenvalue weighted by atomic mass is 9.91. The van der Waals surface area contributed by atoms with E-state index in [9.17, 15) is 20.0 Å². The van der Waals surface area contributed by atoms with Gasteiger partial charge in [0.2, 0.25) is 0 Å². The standard InChI is InChI=1S/C26H27N3O6.C4H10S/c1-15-6-7-16(29(32)33)12-22(15)35-14-20-18(19-9-8-17(30)13-23(19)34-5)10-11-21-24(20)28(4)25(31)26(2,3)27-21;1-4(2)3-5/h6-13,27,30H,14H2,1-5H3;4-5H,3H2,1-2H3. The number of non-ortho nitro benzene ring substituents is 1. The molecular weight excluding hydrogens is 530 g/mol. The van der Waals surface area contributed by atoms with Crippen LogP contribution in [-0.2, 0) is 11.4 Å². The maximum atomic E-state index is 13.1. The van der Waals surface area contributed by atoms with Crippen LogP contribution < -0.4 is 19.7 Å². The molecule has 0 unspecified atom stereocenters. The Balaban J connectivity index is 0.000000810. The normalized spacial score (nSPS) is 13.6. The molecule has 0 saturated carbocycles. The number of hydrogen-bond acceptors (Lipinski definition) is 8. The first-order chi connectivity index (χ1) is 18.8. The smallest absolute Gasteiger partial charge is 0.273 e. The first-order valence-electron chi connectivity index (χ1n) is 12.9. The Morgan fingerprint density at radius 2 is 1.75 bits per heavy atom. The number of carbonyl (C=O) groups excluding carboxylic acids is 1. The molecule has 0 fully saturated rings. The summed E-state index contributed by atoms with van der Waals surface area (Å²) in [5.74, 6) is 2.52. The molecule has 3 aromatic rings. The summed E-state index contributed by atoms with van der Waals surface area (Å²) < 4.78 is 11.6. The van der Waals surface area contributed by atoms with Crippen molar-refractivity contribution in [3.63, 3.8) is 0 Å². The second kappa shape index (κ2) is 12.5. The maximum absolute atomic E-state index is 13.1. The van der Waals surface area contributed by atoms with Crippen LogP contribution in [0.5, 0.6) is 17.2 Å². The molecule has 1 aliphatic rings. The zero-order valence-electron chi connectivity index (χ0n) is 23.9. The third-order valence-electron chi connectivity index (χ3n) is 6.50. The van der Waals surface area contributed by atoms with E-state index in [4.69, 9.17) is 9.47 Å². The molecule has 4 rings (SSSR count). The highest BCUT2D eigenvalue weighted by Gasteiger charge is 2.38. The third-order valence-corrected chi connectivity index (χ3v) is 7.23. The summed E-state index contributed by atoms with van der Waals surface area (Å²) in [6, 6.07) is 13.1. The number of fused-ring (bicyclic) bond motifs is 1. The number of phenols is 1. The summed E-state index contributed by atoms with van der Waals surface area (Å²) in [4.78, 5) is 25.5. The number of benzene rings is 3. The van der Waals surface area contributed by atoms with Gasteiger partial charge in [-0.15, -0.1) is 0 Å². The van der Waals surface area contributed by atoms with Crippen LogP contribution in [0.15, 0.2) is 48.5 Å². The molecule has 2 N–H and O–H groups in total. The molecule has 1 amide bonds. The number of phenolic OH excluding ortho intramolecular Hbond substituents is 1. The highest BCUT2D eigenvalue weighted by atomic mass is 32.1. The number of nitro benzene ring substituents is 1. The number of likely N-dealkylation sites (N-methyl/N-ethyl adjacent to an activating group) is 1. The number of hydrogen-bond donors (Lipinski definition) is 3. The number of aryl methyl sites for hydroxylation is 1. The van der Waals surface area contributed by atoms with Gasteiger partial charge in [-0.3, -0.25) is 14.9 Å². The molecule has 40 heavy (non-hydrogen) atoms. The summed E-state index contributed by atoms with van der Waals surface area (Å²) in [7, 11) is 3.22. The molecular formula is C30H37N3O6S. The minimum Gasteiger partial charge on any atom is -0.508 e. The summed E-state index contributed by atoms with van der Waals surface area (Å²) in [6.07, 6.45) is 0. The zero-order valence-corrected chi connectivity index (χ0v) is 24.8. The lowest BCUT2D eigenvalue weighted by Crippen LogP contribution is -2.52. The van der Waals surface area contributed by atoms with Gasteiger partial charge < -0.3 is 24.8 Å². The van der Waals surface area contributed by atoms with Crippen LogP contribution in [0.3, 0.4) is 0 Å². The molecule has 0 atom stereocenters. The molecule has 0 aromatic heterocycles. The number of rotatable bonds is 7. The molecule has 0 radical (unpaired) electrons. The largest absolute Gasteiger partial charge is 0.508 e. The van der Waals surface area contributed by atoms with Crippen LogP contribution >= 0.6 is 12.6 Å². The fourth-order valence-corrected chi connectivity index (χ4v) is 4.34. The van der Waals surface area contributed by atoms with E-state index in [2.05, 4.69) is 31.8 Å². The number of methoxy groups -OCH3 is 1. The number of amides is 1. The predicted molar refractivity (Wildman–Crippen MR) is 162 cm³/mol. The lowest BCUT2D eigenvalue weighted by Gasteiger charge is -2.39. The van der Waals surface area contributed by atoms with E-state index >= 15 is 0 Å². The van der Waals surface area contributed by atoms with Crippen molar-refractivity contribution >= 4 is 35.6 Å². The number of anilines is 2. The molecule has 3 aromatic carbocycles. The Morgan fingerprint density at radius 3 is 2.35 bits per heavy atom. The first kappa shape index (κ1) is 30.6. The summed E-state index contributed by atoms with van der Waals surface area (Å²) >= 11 is 4.02. The lowest BCUT2D eigenvalue weighted by molar-refractivity contribution is -0.385. The highest BCUT2D eigenvalue weighted by Crippen LogP contribution is 2.45. The second-order valence-electron chi connectivity index (χ2n) is 10.6. The van der Waals surface area contributed by atoms with Gasteiger partial charge in [0.25, 0.3) is 11.6 Å². The molecule has 0 spiro atoms. The van der Waals surface area contributed by atoms with Crippen LogP contribution in [0.2, 0.25) is 0 Å². The van der Waals surface area contributed by atoms with Gasteiger partial charge in [0.1, 0.15) is 29.4 Å². The van der Waals surface area contributed by atoms with Crippen LogP contribution in [0, 0.1) is 23.0 Å². The number of ether oxygens (including phenoxy) is 2. The number of thiol groups is 1. The van der Waals surface area contributed by atoms with Crippen molar-refractivity contribution in [2.75, 3.05) is 30.1 Å². The van der Waals surface area contributed by atoms with E-state index in [1.165, 1.54) is 25.3 Å². The SMILES string of the molecule is CC(C)CS.COc1cc(O)ccc1-c1ccc2c(c1COc1cc([N+](=O)[O-])ccc1C)N(C)C(=O)C(C)(C)N2. The molecule has 1 aliphatic heterocycles. The molecule has 214 valence electrons. The number of nitrogens with zero attached hydrogens (tertiary/aromatic N) is 2. The van der Waals surface area contributed by atoms with Gasteiger partial charge in [-0.2, -0.15) is 12.6 Å². The van der Waals surface area contributed by atoms with Gasteiger partial charge in [0.05, 0.1) is 29.5 Å². The quantitative estimate of drug-likeness (QED) is 0.167. The minimum atomic E-state index is -0.797. The number of aromatic hydroxyl groups is 1. The molecule has 0 saturated heterocycles. The summed E-state index contributed by atoms with van der Waals surface area (Å²) in [5.41, 5.74) is 3.41. The van der Waals surface area contributed by atoms with Gasteiger partial charge >= 0.3 is 0 Å². The van der Waals surface area contributed by atoms with Crippen molar-refractivity contribution in [1.29, 1.82) is 0 Å². The minimum absolute atomic E-state index is 0.0320. The molecule has 10 heteroatoms. The van der Waals surface area contributed by atoms with Crippen molar-refractivity contribution in [1.82, 2.24) is 0 Å². The first-order valence-corrected chi connectivity index (χ1v) is 13.5. The zero-order chi connectivity index (χ0) is 29.8. The van der Waals surface area contributed by atoms with Gasteiger partial charge in [-0.05, 0) is 67.8 Å². The average molecular weight is 568 g/mol. The van der Waals surface area contributed by atoms with Crippen molar-refractivity contribution < 1.29 is 24.3 Å². The maximum Gasteiger partial charge on any atom is 0.273 e. The van der Waals surface area contributed by atoms with Crippen molar-refractivity contribution in [3.8, 4) is 28.4 Å². The Bertz CT molecular complexity index is 1410. The van der Waals surface area contributed by atoms with Crippen LogP contribution in [-0.4, -0.2) is 41.4 Å². The topological polar surface area (TPSA) is 114 Å². The average Bonchev–Trinajstić information content (AvgIpc) is 2.91.